The van der Waals surface area contributed by atoms with Gasteiger partial charge in [0.05, 0.1) is 12.5 Å². The van der Waals surface area contributed by atoms with Crippen molar-refractivity contribution in [2.45, 2.75) is 19.9 Å². The number of nitrogens with zero attached hydrogens (tertiary/aromatic N) is 3. The van der Waals surface area contributed by atoms with Gasteiger partial charge in [0, 0.05) is 6.54 Å². The highest BCUT2D eigenvalue weighted by atomic mass is 32.1. The fourth-order valence-electron chi connectivity index (χ4n) is 2.42. The SMILES string of the molecule is CCCn1c(=O)c2cccc(OC)c2n2c(=S)[nH]nc12. The molecule has 20 heavy (non-hydrogen) atoms. The van der Waals surface area contributed by atoms with Gasteiger partial charge in [-0.25, -0.2) is 9.50 Å². The molecule has 0 aliphatic heterocycles. The number of nitrogens with one attached hydrogen (secondary N) is 1. The number of aryl methyl sites for hydroxylation is 1. The highest BCUT2D eigenvalue weighted by Crippen LogP contribution is 2.24. The number of aromatic nitrogens is 4. The van der Waals surface area contributed by atoms with E-state index in [4.69, 9.17) is 17.0 Å². The Morgan fingerprint density at radius 2 is 2.25 bits per heavy atom. The number of aromatic amines is 1. The van der Waals surface area contributed by atoms with Crippen LogP contribution in [0.25, 0.3) is 16.7 Å². The van der Waals surface area contributed by atoms with Crippen LogP contribution >= 0.6 is 12.2 Å². The van der Waals surface area contributed by atoms with Gasteiger partial charge in [0.25, 0.3) is 5.56 Å². The molecule has 0 radical (unpaired) electrons. The molecule has 0 bridgehead atoms. The zero-order chi connectivity index (χ0) is 14.3. The lowest BCUT2D eigenvalue weighted by molar-refractivity contribution is 0.418. The first kappa shape index (κ1) is 12.9. The van der Waals surface area contributed by atoms with E-state index in [-0.39, 0.29) is 5.56 Å². The van der Waals surface area contributed by atoms with E-state index in [9.17, 15) is 4.79 Å². The third-order valence-corrected chi connectivity index (χ3v) is 3.54. The van der Waals surface area contributed by atoms with Crippen molar-refractivity contribution >= 4 is 28.9 Å². The third kappa shape index (κ3) is 1.66. The second-order valence-electron chi connectivity index (χ2n) is 4.48. The molecule has 0 aliphatic rings. The van der Waals surface area contributed by atoms with Gasteiger partial charge in [-0.05, 0) is 30.8 Å². The van der Waals surface area contributed by atoms with Crippen LogP contribution in [0, 0.1) is 4.77 Å². The van der Waals surface area contributed by atoms with E-state index in [1.807, 2.05) is 6.92 Å². The van der Waals surface area contributed by atoms with Crippen LogP contribution in [0.1, 0.15) is 13.3 Å². The van der Waals surface area contributed by atoms with Gasteiger partial charge in [-0.1, -0.05) is 13.0 Å². The summed E-state index contributed by atoms with van der Waals surface area (Å²) >= 11 is 5.28. The van der Waals surface area contributed by atoms with Gasteiger partial charge in [-0.2, -0.15) is 0 Å². The molecule has 2 heterocycles. The second kappa shape index (κ2) is 4.75. The highest BCUT2D eigenvalue weighted by Gasteiger charge is 2.15. The number of fused-ring (bicyclic) bond motifs is 3. The number of methoxy groups -OCH3 is 1. The van der Waals surface area contributed by atoms with E-state index in [0.717, 1.165) is 6.42 Å². The first-order chi connectivity index (χ1) is 9.69. The lowest BCUT2D eigenvalue weighted by Crippen LogP contribution is -2.23. The Labute approximate surface area is 119 Å². The summed E-state index contributed by atoms with van der Waals surface area (Å²) in [4.78, 5) is 12.6. The minimum Gasteiger partial charge on any atom is -0.495 e. The van der Waals surface area contributed by atoms with Crippen molar-refractivity contribution in [1.82, 2.24) is 19.2 Å². The van der Waals surface area contributed by atoms with Crippen molar-refractivity contribution in [1.29, 1.82) is 0 Å². The maximum Gasteiger partial charge on any atom is 0.262 e. The van der Waals surface area contributed by atoms with Gasteiger partial charge in [0.2, 0.25) is 10.5 Å². The van der Waals surface area contributed by atoms with Gasteiger partial charge in [0.15, 0.2) is 0 Å². The zero-order valence-electron chi connectivity index (χ0n) is 11.2. The van der Waals surface area contributed by atoms with Gasteiger partial charge >= 0.3 is 0 Å². The standard InChI is InChI=1S/C13H14N4O2S/c1-3-7-16-11(18)8-5-4-6-9(19-2)10(8)17-12(16)14-15-13(17)20/h4-6H,3,7H2,1-2H3,(H,15,20). The molecule has 3 rings (SSSR count). The fourth-order valence-corrected chi connectivity index (χ4v) is 2.64. The predicted octanol–water partition coefficient (Wildman–Crippen LogP) is 2.13. The molecule has 0 amide bonds. The Hall–Kier alpha value is -2.15. The molecule has 2 aromatic heterocycles. The maximum atomic E-state index is 12.6. The fraction of sp³-hybridized carbons (Fsp3) is 0.308. The van der Waals surface area contributed by atoms with Crippen LogP contribution in [0.15, 0.2) is 23.0 Å². The Morgan fingerprint density at radius 3 is 2.95 bits per heavy atom. The zero-order valence-corrected chi connectivity index (χ0v) is 12.0. The molecule has 0 spiro atoms. The molecule has 0 unspecified atom stereocenters. The highest BCUT2D eigenvalue weighted by molar-refractivity contribution is 7.71. The van der Waals surface area contributed by atoms with Crippen LogP contribution in [0.2, 0.25) is 0 Å². The molecule has 1 aromatic carbocycles. The topological polar surface area (TPSA) is 64.3 Å². The molecular formula is C13H14N4O2S. The van der Waals surface area contributed by atoms with Crippen LogP contribution < -0.4 is 10.3 Å². The van der Waals surface area contributed by atoms with Gasteiger partial charge in [-0.15, -0.1) is 5.10 Å². The molecule has 0 fully saturated rings. The summed E-state index contributed by atoms with van der Waals surface area (Å²) in [5, 5.41) is 7.49. The molecule has 3 aromatic rings. The van der Waals surface area contributed by atoms with E-state index >= 15 is 0 Å². The van der Waals surface area contributed by atoms with Crippen LogP contribution in [-0.2, 0) is 6.54 Å². The maximum absolute atomic E-state index is 12.6. The van der Waals surface area contributed by atoms with Crippen molar-refractivity contribution < 1.29 is 4.74 Å². The monoisotopic (exact) mass is 290 g/mol. The lowest BCUT2D eigenvalue weighted by Gasteiger charge is -2.11. The van der Waals surface area contributed by atoms with Crippen molar-refractivity contribution in [3.63, 3.8) is 0 Å². The summed E-state index contributed by atoms with van der Waals surface area (Å²) in [6, 6.07) is 5.38. The van der Waals surface area contributed by atoms with Crippen LogP contribution in [0.5, 0.6) is 5.75 Å². The average Bonchev–Trinajstić information content (AvgIpc) is 2.84. The molecule has 6 nitrogen and oxygen atoms in total. The molecule has 1 N–H and O–H groups in total. The molecule has 0 saturated heterocycles. The van der Waals surface area contributed by atoms with Crippen molar-refractivity contribution in [2.24, 2.45) is 0 Å². The van der Waals surface area contributed by atoms with Gasteiger partial charge in [-0.3, -0.25) is 9.36 Å². The number of rotatable bonds is 3. The largest absolute Gasteiger partial charge is 0.495 e. The number of hydrogen-bond acceptors (Lipinski definition) is 4. The van der Waals surface area contributed by atoms with Crippen LogP contribution in [0.3, 0.4) is 0 Å². The number of ether oxygens (including phenoxy) is 1. The van der Waals surface area contributed by atoms with Gasteiger partial charge in [0.1, 0.15) is 11.3 Å². The summed E-state index contributed by atoms with van der Waals surface area (Å²) in [7, 11) is 1.57. The molecular weight excluding hydrogens is 276 g/mol. The first-order valence-electron chi connectivity index (χ1n) is 6.35. The van der Waals surface area contributed by atoms with Gasteiger partial charge < -0.3 is 4.74 Å². The van der Waals surface area contributed by atoms with E-state index in [0.29, 0.717) is 33.7 Å². The average molecular weight is 290 g/mol. The minimum absolute atomic E-state index is 0.0812. The Morgan fingerprint density at radius 1 is 1.45 bits per heavy atom. The molecule has 0 saturated carbocycles. The van der Waals surface area contributed by atoms with Crippen LogP contribution in [-0.4, -0.2) is 26.3 Å². The predicted molar refractivity (Wildman–Crippen MR) is 79.0 cm³/mol. The molecule has 0 aliphatic carbocycles. The molecule has 0 atom stereocenters. The summed E-state index contributed by atoms with van der Waals surface area (Å²) in [6.07, 6.45) is 0.838. The van der Waals surface area contributed by atoms with Crippen molar-refractivity contribution in [3.05, 3.63) is 33.3 Å². The Kier molecular flexibility index (Phi) is 3.06. The summed E-state index contributed by atoms with van der Waals surface area (Å²) < 4.78 is 9.19. The van der Waals surface area contributed by atoms with Crippen molar-refractivity contribution in [2.75, 3.05) is 7.11 Å². The Balaban J connectivity index is 2.65. The van der Waals surface area contributed by atoms with Crippen LogP contribution in [0.4, 0.5) is 0 Å². The second-order valence-corrected chi connectivity index (χ2v) is 4.86. The molecule has 104 valence electrons. The summed E-state index contributed by atoms with van der Waals surface area (Å²) in [5.41, 5.74) is 0.573. The number of benzene rings is 1. The minimum atomic E-state index is -0.0812. The number of H-pyrrole nitrogens is 1. The van der Waals surface area contributed by atoms with E-state index < -0.39 is 0 Å². The normalized spacial score (nSPS) is 11.3. The van der Waals surface area contributed by atoms with Crippen molar-refractivity contribution in [3.8, 4) is 5.75 Å². The number of hydrogen-bond donors (Lipinski definition) is 1. The third-order valence-electron chi connectivity index (χ3n) is 3.26. The van der Waals surface area contributed by atoms with E-state index in [2.05, 4.69) is 10.2 Å². The number of para-hydroxylation sites is 1. The van der Waals surface area contributed by atoms with E-state index in [1.165, 1.54) is 0 Å². The smallest absolute Gasteiger partial charge is 0.262 e. The molecule has 7 heteroatoms. The summed E-state index contributed by atoms with van der Waals surface area (Å²) in [5.74, 6) is 1.12. The first-order valence-corrected chi connectivity index (χ1v) is 6.76. The lowest BCUT2D eigenvalue weighted by atomic mass is 10.2. The quantitative estimate of drug-likeness (QED) is 0.750. The van der Waals surface area contributed by atoms with E-state index in [1.54, 1.807) is 34.3 Å². The Bertz CT molecular complexity index is 906. The summed E-state index contributed by atoms with van der Waals surface area (Å²) in [6.45, 7) is 2.61.